The minimum absolute atomic E-state index is 0.0516. The highest BCUT2D eigenvalue weighted by Crippen LogP contribution is 2.33. The topological polar surface area (TPSA) is 0 Å². The number of hydrogen-bond donors (Lipinski definition) is 0. The lowest BCUT2D eigenvalue weighted by molar-refractivity contribution is 0.383. The van der Waals surface area contributed by atoms with E-state index in [9.17, 15) is 0 Å². The highest BCUT2D eigenvalue weighted by molar-refractivity contribution is 5.10. The van der Waals surface area contributed by atoms with Gasteiger partial charge in [-0.3, -0.25) is 0 Å². The fourth-order valence-corrected chi connectivity index (χ4v) is 4.07. The Kier molecular flexibility index (Phi) is 15.8. The van der Waals surface area contributed by atoms with E-state index in [0.29, 0.717) is 23.7 Å². The minimum Gasteiger partial charge on any atom is -0.102 e. The molecule has 6 atom stereocenters. The molecule has 0 aromatic carbocycles. The Labute approximate surface area is 215 Å². The van der Waals surface area contributed by atoms with Gasteiger partial charge in [0.15, 0.2) is 0 Å². The smallest absolute Gasteiger partial charge is 0.00303 e. The van der Waals surface area contributed by atoms with Crippen molar-refractivity contribution in [1.82, 2.24) is 0 Å². The molecule has 0 aliphatic rings. The van der Waals surface area contributed by atoms with Crippen LogP contribution < -0.4 is 0 Å². The predicted octanol–water partition coefficient (Wildman–Crippen LogP) is 11.4. The van der Waals surface area contributed by atoms with Crippen LogP contribution in [0.15, 0.2) is 61.3 Å². The Bertz CT molecular complexity index is 660. The maximum absolute atomic E-state index is 4.41. The van der Waals surface area contributed by atoms with Crippen molar-refractivity contribution in [2.45, 2.75) is 114 Å². The van der Waals surface area contributed by atoms with Gasteiger partial charge in [-0.2, -0.15) is 0 Å². The Hall–Kier alpha value is -1.30. The van der Waals surface area contributed by atoms with Gasteiger partial charge in [-0.05, 0) is 93.8 Å². The van der Waals surface area contributed by atoms with Crippen LogP contribution in [0.4, 0.5) is 0 Å². The predicted molar refractivity (Wildman–Crippen MR) is 158 cm³/mol. The Balaban J connectivity index is 4.56. The van der Waals surface area contributed by atoms with Gasteiger partial charge in [0, 0.05) is 5.41 Å². The van der Waals surface area contributed by atoms with Crippen LogP contribution in [0.5, 0.6) is 0 Å². The summed E-state index contributed by atoms with van der Waals surface area (Å²) in [6, 6.07) is 0. The van der Waals surface area contributed by atoms with Gasteiger partial charge in [0.2, 0.25) is 0 Å². The van der Waals surface area contributed by atoms with Gasteiger partial charge in [-0.15, -0.1) is 6.58 Å². The molecule has 0 aliphatic carbocycles. The molecule has 0 saturated carbocycles. The maximum Gasteiger partial charge on any atom is 0.00303 e. The average molecular weight is 469 g/mol. The summed E-state index contributed by atoms with van der Waals surface area (Å²) in [7, 11) is 0. The number of rotatable bonds is 19. The number of allylic oxidation sites excluding steroid dienone is 6. The van der Waals surface area contributed by atoms with Crippen molar-refractivity contribution in [2.75, 3.05) is 0 Å². The minimum atomic E-state index is 0.0516. The van der Waals surface area contributed by atoms with E-state index in [1.54, 1.807) is 0 Å². The molecule has 0 radical (unpaired) electrons. The molecule has 0 aromatic rings. The second-order valence-corrected chi connectivity index (χ2v) is 12.3. The quantitative estimate of drug-likeness (QED) is 0.165. The normalized spacial score (nSPS) is 18.2. The van der Waals surface area contributed by atoms with E-state index in [2.05, 4.69) is 107 Å². The summed E-state index contributed by atoms with van der Waals surface area (Å²) in [4.78, 5) is 0. The van der Waals surface area contributed by atoms with Crippen LogP contribution in [0.25, 0.3) is 0 Å². The largest absolute Gasteiger partial charge is 0.102 e. The third kappa shape index (κ3) is 13.6. The van der Waals surface area contributed by atoms with Crippen molar-refractivity contribution in [2.24, 2.45) is 40.9 Å². The van der Waals surface area contributed by atoms with E-state index < -0.39 is 0 Å². The molecule has 0 spiro atoms. The second-order valence-electron chi connectivity index (χ2n) is 12.3. The molecule has 0 saturated heterocycles. The lowest BCUT2D eigenvalue weighted by Crippen LogP contribution is -2.13. The molecule has 0 heteroatoms. The molecule has 34 heavy (non-hydrogen) atoms. The lowest BCUT2D eigenvalue weighted by atomic mass is 9.79. The summed E-state index contributed by atoms with van der Waals surface area (Å²) in [5.41, 5.74) is 4.15. The summed E-state index contributed by atoms with van der Waals surface area (Å²) in [6.45, 7) is 37.8. The first-order valence-corrected chi connectivity index (χ1v) is 14.1. The van der Waals surface area contributed by atoms with E-state index in [4.69, 9.17) is 0 Å². The van der Waals surface area contributed by atoms with E-state index in [1.807, 2.05) is 0 Å². The molecule has 0 N–H and O–H groups in total. The van der Waals surface area contributed by atoms with Crippen molar-refractivity contribution in [3.63, 3.8) is 0 Å². The Morgan fingerprint density at radius 3 is 1.76 bits per heavy atom. The molecule has 0 rings (SSSR count). The maximum atomic E-state index is 4.41. The van der Waals surface area contributed by atoms with E-state index in [1.165, 1.54) is 42.4 Å². The Morgan fingerprint density at radius 1 is 0.735 bits per heavy atom. The molecule has 6 unspecified atom stereocenters. The lowest BCUT2D eigenvalue weighted by Gasteiger charge is -2.26. The first-order valence-electron chi connectivity index (χ1n) is 14.1. The van der Waals surface area contributed by atoms with E-state index in [-0.39, 0.29) is 5.41 Å². The van der Waals surface area contributed by atoms with Crippen molar-refractivity contribution < 1.29 is 0 Å². The molecule has 0 nitrogen and oxygen atoms in total. The fourth-order valence-electron chi connectivity index (χ4n) is 4.07. The van der Waals surface area contributed by atoms with Crippen molar-refractivity contribution in [3.8, 4) is 0 Å². The molecular weight excluding hydrogens is 408 g/mol. The van der Waals surface area contributed by atoms with Gasteiger partial charge < -0.3 is 0 Å². The molecule has 0 heterocycles. The van der Waals surface area contributed by atoms with Gasteiger partial charge in [0.1, 0.15) is 0 Å². The second kappa shape index (κ2) is 16.4. The van der Waals surface area contributed by atoms with Crippen LogP contribution in [0.2, 0.25) is 0 Å². The summed E-state index contributed by atoms with van der Waals surface area (Å²) in [5, 5.41) is 0. The first-order chi connectivity index (χ1) is 15.7. The van der Waals surface area contributed by atoms with Gasteiger partial charge in [-0.1, -0.05) is 110 Å². The molecule has 0 aromatic heterocycles. The van der Waals surface area contributed by atoms with Gasteiger partial charge >= 0.3 is 0 Å². The van der Waals surface area contributed by atoms with Crippen LogP contribution in [0.3, 0.4) is 0 Å². The zero-order valence-corrected chi connectivity index (χ0v) is 24.7. The monoisotopic (exact) mass is 468 g/mol. The molecule has 196 valence electrons. The highest BCUT2D eigenvalue weighted by atomic mass is 14.2. The first kappa shape index (κ1) is 32.7. The van der Waals surface area contributed by atoms with Crippen LogP contribution in [-0.2, 0) is 0 Å². The zero-order chi connectivity index (χ0) is 26.5. The van der Waals surface area contributed by atoms with Crippen molar-refractivity contribution in [1.29, 1.82) is 0 Å². The molecule has 0 bridgehead atoms. The molecule has 0 amide bonds. The summed E-state index contributed by atoms with van der Waals surface area (Å²) in [6.07, 6.45) is 16.4. The Morgan fingerprint density at radius 2 is 1.26 bits per heavy atom. The van der Waals surface area contributed by atoms with E-state index >= 15 is 0 Å². The third-order valence-corrected chi connectivity index (χ3v) is 8.64. The third-order valence-electron chi connectivity index (χ3n) is 8.64. The summed E-state index contributed by atoms with van der Waals surface area (Å²) >= 11 is 0. The average Bonchev–Trinajstić information content (AvgIpc) is 2.80. The highest BCUT2D eigenvalue weighted by Gasteiger charge is 2.20. The van der Waals surface area contributed by atoms with Crippen LogP contribution in [-0.4, -0.2) is 0 Å². The van der Waals surface area contributed by atoms with Crippen molar-refractivity contribution >= 4 is 0 Å². The summed E-state index contributed by atoms with van der Waals surface area (Å²) < 4.78 is 0. The van der Waals surface area contributed by atoms with Crippen molar-refractivity contribution in [3.05, 3.63) is 61.3 Å². The van der Waals surface area contributed by atoms with E-state index in [0.717, 1.165) is 37.5 Å². The standard InChI is InChI=1S/C34H60/c1-14-34(13,24-22-33(12)32(11)20-18-29(8)26(4)5)23-21-27(6)15-16-30(9)31(10)19-17-28(7)25(2)3/h14,21,23,25,27-30,33H,1,4,10-11,15-20,22,24H2,2-3,5-9,12-13H3/b23-21+. The SMILES string of the molecule is C=CC(C)(/C=C/C(C)CCC(C)C(=C)CCC(C)C(C)C)CCC(C)C(=C)CCC(C)C(=C)C. The van der Waals surface area contributed by atoms with Gasteiger partial charge in [0.25, 0.3) is 0 Å². The van der Waals surface area contributed by atoms with Crippen LogP contribution in [0, 0.1) is 40.9 Å². The zero-order valence-electron chi connectivity index (χ0n) is 24.7. The van der Waals surface area contributed by atoms with Gasteiger partial charge in [0.05, 0.1) is 0 Å². The molecule has 0 fully saturated rings. The van der Waals surface area contributed by atoms with Crippen LogP contribution >= 0.6 is 0 Å². The molecule has 0 aliphatic heterocycles. The van der Waals surface area contributed by atoms with Gasteiger partial charge in [-0.25, -0.2) is 0 Å². The fraction of sp³-hybridized carbons (Fsp3) is 0.706. The van der Waals surface area contributed by atoms with Crippen LogP contribution in [0.1, 0.15) is 114 Å². The number of hydrogen-bond acceptors (Lipinski definition) is 0. The molecular formula is C34H60. The summed E-state index contributed by atoms with van der Waals surface area (Å²) in [5.74, 6) is 3.87.